The Bertz CT molecular complexity index is 1010. The van der Waals surface area contributed by atoms with E-state index in [0.717, 1.165) is 6.42 Å². The Hall–Kier alpha value is -2.89. The largest absolute Gasteiger partial charge is 0.457 e. The maximum absolute atomic E-state index is 12.7. The van der Waals surface area contributed by atoms with E-state index in [2.05, 4.69) is 49.0 Å². The summed E-state index contributed by atoms with van der Waals surface area (Å²) in [5.41, 5.74) is 6.26. The smallest absolute Gasteiger partial charge is 0.373 e. The van der Waals surface area contributed by atoms with Gasteiger partial charge in [-0.05, 0) is 60.1 Å². The molecule has 0 saturated carbocycles. The van der Waals surface area contributed by atoms with E-state index in [-0.39, 0.29) is 30.8 Å². The molecule has 1 heterocycles. The standard InChI is InChI=1S/C27H30O5/c1-3-15-31-26(29)25-17-24(22(13-8-14-28)27(32-25)30-4-2)21-12-7-11-20-19-10-6-5-9-18(19)16-23(20)21/h3,5-7,9-12,17,22,24,27-28H,1,4,8,13-16H2,2H3/t22-,24+,27+/m0/s1. The SMILES string of the molecule is C=CCOC(=O)C1=C[C@H](c2cccc3c2Cc2ccccc2-3)[C@H](CCCO)[C@H](OCC)O1. The van der Waals surface area contributed by atoms with Gasteiger partial charge in [-0.15, -0.1) is 0 Å². The summed E-state index contributed by atoms with van der Waals surface area (Å²) in [7, 11) is 0. The highest BCUT2D eigenvalue weighted by Gasteiger charge is 2.39. The zero-order valence-electron chi connectivity index (χ0n) is 18.5. The molecule has 2 aromatic rings. The monoisotopic (exact) mass is 434 g/mol. The van der Waals surface area contributed by atoms with Crippen molar-refractivity contribution in [2.24, 2.45) is 5.92 Å². The summed E-state index contributed by atoms with van der Waals surface area (Å²) in [6, 6.07) is 14.8. The minimum Gasteiger partial charge on any atom is -0.457 e. The summed E-state index contributed by atoms with van der Waals surface area (Å²) in [5.74, 6) is -0.476. The van der Waals surface area contributed by atoms with E-state index in [1.54, 1.807) is 0 Å². The fraction of sp³-hybridized carbons (Fsp3) is 0.370. The molecule has 32 heavy (non-hydrogen) atoms. The first-order valence-corrected chi connectivity index (χ1v) is 11.3. The molecule has 3 atom stereocenters. The highest BCUT2D eigenvalue weighted by Crippen LogP contribution is 2.46. The molecule has 0 spiro atoms. The first kappa shape index (κ1) is 22.3. The Morgan fingerprint density at radius 2 is 2.03 bits per heavy atom. The van der Waals surface area contributed by atoms with Gasteiger partial charge in [-0.25, -0.2) is 4.79 Å². The summed E-state index contributed by atoms with van der Waals surface area (Å²) in [6.45, 7) is 6.19. The van der Waals surface area contributed by atoms with Crippen molar-refractivity contribution in [1.29, 1.82) is 0 Å². The minimum atomic E-state index is -0.590. The molecule has 0 radical (unpaired) electrons. The van der Waals surface area contributed by atoms with E-state index < -0.39 is 12.3 Å². The molecule has 1 aliphatic heterocycles. The molecule has 0 unspecified atom stereocenters. The van der Waals surface area contributed by atoms with Crippen LogP contribution in [0.3, 0.4) is 0 Å². The lowest BCUT2D eigenvalue weighted by molar-refractivity contribution is -0.175. The third-order valence-corrected chi connectivity index (χ3v) is 6.19. The molecule has 0 aromatic heterocycles. The fourth-order valence-corrected chi connectivity index (χ4v) is 4.81. The number of carbonyl (C=O) groups excluding carboxylic acids is 1. The Morgan fingerprint density at radius 3 is 2.81 bits per heavy atom. The van der Waals surface area contributed by atoms with Crippen LogP contribution < -0.4 is 0 Å². The van der Waals surface area contributed by atoms with Gasteiger partial charge in [-0.1, -0.05) is 55.1 Å². The van der Waals surface area contributed by atoms with Crippen LogP contribution in [0.15, 0.2) is 67.0 Å². The normalized spacial score (nSPS) is 21.2. The molecule has 168 valence electrons. The second kappa shape index (κ2) is 10.2. The van der Waals surface area contributed by atoms with Crippen molar-refractivity contribution in [3.63, 3.8) is 0 Å². The van der Waals surface area contributed by atoms with Crippen LogP contribution in [-0.2, 0) is 25.4 Å². The third-order valence-electron chi connectivity index (χ3n) is 6.19. The van der Waals surface area contributed by atoms with Gasteiger partial charge in [0.05, 0.1) is 0 Å². The van der Waals surface area contributed by atoms with E-state index in [1.165, 1.54) is 33.9 Å². The first-order valence-electron chi connectivity index (χ1n) is 11.3. The third kappa shape index (κ3) is 4.36. The van der Waals surface area contributed by atoms with Gasteiger partial charge in [0, 0.05) is 25.0 Å². The highest BCUT2D eigenvalue weighted by atomic mass is 16.7. The average Bonchev–Trinajstić information content (AvgIpc) is 3.20. The van der Waals surface area contributed by atoms with Crippen LogP contribution in [0, 0.1) is 5.92 Å². The molecule has 1 aliphatic carbocycles. The predicted octanol–water partition coefficient (Wildman–Crippen LogP) is 4.74. The van der Waals surface area contributed by atoms with Gasteiger partial charge in [-0.2, -0.15) is 0 Å². The molecule has 5 heteroatoms. The molecule has 5 nitrogen and oxygen atoms in total. The van der Waals surface area contributed by atoms with Gasteiger partial charge >= 0.3 is 5.97 Å². The Balaban J connectivity index is 1.77. The molecule has 0 amide bonds. The van der Waals surface area contributed by atoms with Crippen LogP contribution in [0.1, 0.15) is 42.4 Å². The number of fused-ring (bicyclic) bond motifs is 3. The molecule has 1 N–H and O–H groups in total. The van der Waals surface area contributed by atoms with Crippen LogP contribution in [0.5, 0.6) is 0 Å². The van der Waals surface area contributed by atoms with Gasteiger partial charge in [0.1, 0.15) is 6.61 Å². The van der Waals surface area contributed by atoms with E-state index in [4.69, 9.17) is 14.2 Å². The highest BCUT2D eigenvalue weighted by molar-refractivity contribution is 5.87. The number of aliphatic hydroxyl groups excluding tert-OH is 1. The van der Waals surface area contributed by atoms with Crippen molar-refractivity contribution in [2.45, 2.75) is 38.4 Å². The molecule has 4 rings (SSSR count). The summed E-state index contributed by atoms with van der Waals surface area (Å²) in [5, 5.41) is 9.50. The maximum Gasteiger partial charge on any atom is 0.373 e. The Kier molecular flexibility index (Phi) is 7.08. The lowest BCUT2D eigenvalue weighted by Crippen LogP contribution is -2.37. The van der Waals surface area contributed by atoms with Crippen LogP contribution in [0.4, 0.5) is 0 Å². The molecule has 2 aliphatic rings. The van der Waals surface area contributed by atoms with Gasteiger partial charge < -0.3 is 19.3 Å². The number of carbonyl (C=O) groups is 1. The van der Waals surface area contributed by atoms with E-state index in [0.29, 0.717) is 19.4 Å². The van der Waals surface area contributed by atoms with Crippen molar-refractivity contribution in [3.8, 4) is 11.1 Å². The van der Waals surface area contributed by atoms with Crippen molar-refractivity contribution < 1.29 is 24.1 Å². The van der Waals surface area contributed by atoms with Gasteiger partial charge in [-0.3, -0.25) is 0 Å². The molecule has 2 aromatic carbocycles. The van der Waals surface area contributed by atoms with E-state index in [1.807, 2.05) is 13.0 Å². The quantitative estimate of drug-likeness (QED) is 0.389. The van der Waals surface area contributed by atoms with Crippen LogP contribution in [0.2, 0.25) is 0 Å². The maximum atomic E-state index is 12.7. The minimum absolute atomic E-state index is 0.0340. The number of rotatable bonds is 9. The molecule has 0 saturated heterocycles. The van der Waals surface area contributed by atoms with Crippen molar-refractivity contribution in [2.75, 3.05) is 19.8 Å². The number of esters is 1. The molecular formula is C27H30O5. The topological polar surface area (TPSA) is 65.0 Å². The second-order valence-corrected chi connectivity index (χ2v) is 8.12. The number of allylic oxidation sites excluding steroid dienone is 1. The van der Waals surface area contributed by atoms with E-state index in [9.17, 15) is 9.90 Å². The van der Waals surface area contributed by atoms with Gasteiger partial charge in [0.25, 0.3) is 0 Å². The summed E-state index contributed by atoms with van der Waals surface area (Å²) < 4.78 is 17.2. The Labute approximate surface area is 189 Å². The number of benzene rings is 2. The Morgan fingerprint density at radius 1 is 1.22 bits per heavy atom. The average molecular weight is 435 g/mol. The second-order valence-electron chi connectivity index (χ2n) is 8.12. The van der Waals surface area contributed by atoms with Gasteiger partial charge in [0.2, 0.25) is 12.0 Å². The molecule has 0 bridgehead atoms. The summed E-state index contributed by atoms with van der Waals surface area (Å²) in [4.78, 5) is 12.7. The van der Waals surface area contributed by atoms with Crippen LogP contribution in [0.25, 0.3) is 11.1 Å². The first-order chi connectivity index (χ1) is 15.7. The number of aliphatic hydroxyl groups is 1. The lowest BCUT2D eigenvalue weighted by Gasteiger charge is -2.37. The molecule has 0 fully saturated rings. The van der Waals surface area contributed by atoms with Crippen LogP contribution >= 0.6 is 0 Å². The van der Waals surface area contributed by atoms with E-state index >= 15 is 0 Å². The van der Waals surface area contributed by atoms with Crippen molar-refractivity contribution >= 4 is 5.97 Å². The number of ether oxygens (including phenoxy) is 3. The van der Waals surface area contributed by atoms with Crippen LogP contribution in [-0.4, -0.2) is 37.2 Å². The summed E-state index contributed by atoms with van der Waals surface area (Å²) >= 11 is 0. The number of hydrogen-bond acceptors (Lipinski definition) is 5. The molecular weight excluding hydrogens is 404 g/mol. The lowest BCUT2D eigenvalue weighted by atomic mass is 9.78. The zero-order valence-corrected chi connectivity index (χ0v) is 18.5. The van der Waals surface area contributed by atoms with Crippen molar-refractivity contribution in [3.05, 3.63) is 83.6 Å². The number of hydrogen-bond donors (Lipinski definition) is 1. The van der Waals surface area contributed by atoms with Gasteiger partial charge in [0.15, 0.2) is 0 Å². The van der Waals surface area contributed by atoms with Crippen molar-refractivity contribution in [1.82, 2.24) is 0 Å². The fourth-order valence-electron chi connectivity index (χ4n) is 4.81. The summed E-state index contributed by atoms with van der Waals surface area (Å²) in [6.07, 6.45) is 5.02. The zero-order chi connectivity index (χ0) is 22.5. The predicted molar refractivity (Wildman–Crippen MR) is 123 cm³/mol.